The maximum atomic E-state index is 13.4. The fourth-order valence-corrected chi connectivity index (χ4v) is 4.79. The average molecular weight is 480 g/mol. The second kappa shape index (κ2) is 10.8. The molecule has 1 aliphatic rings. The quantitative estimate of drug-likeness (QED) is 0.456. The van der Waals surface area contributed by atoms with Crippen LogP contribution >= 0.6 is 0 Å². The lowest BCUT2D eigenvalue weighted by Gasteiger charge is -2.32. The number of hydrogen-bond donors (Lipinski definition) is 3. The molecule has 1 saturated carbocycles. The van der Waals surface area contributed by atoms with Crippen LogP contribution in [0.5, 0.6) is 0 Å². The number of aromatic nitrogens is 5. The third-order valence-corrected chi connectivity index (χ3v) is 6.82. The van der Waals surface area contributed by atoms with Crippen LogP contribution in [0.2, 0.25) is 0 Å². The molecule has 0 aliphatic heterocycles. The molecule has 10 nitrogen and oxygen atoms in total. The van der Waals surface area contributed by atoms with Crippen molar-refractivity contribution in [2.45, 2.75) is 58.7 Å². The molecule has 10 heteroatoms. The van der Waals surface area contributed by atoms with E-state index in [9.17, 15) is 14.7 Å². The van der Waals surface area contributed by atoms with E-state index in [1.807, 2.05) is 13.0 Å². The summed E-state index contributed by atoms with van der Waals surface area (Å²) in [5.41, 5.74) is 2.69. The Kier molecular flexibility index (Phi) is 7.60. The minimum Gasteiger partial charge on any atom is -0.392 e. The van der Waals surface area contributed by atoms with Gasteiger partial charge in [-0.3, -0.25) is 19.0 Å². The van der Waals surface area contributed by atoms with Crippen molar-refractivity contribution >= 4 is 17.6 Å². The van der Waals surface area contributed by atoms with Crippen molar-refractivity contribution in [1.29, 1.82) is 0 Å². The molecule has 0 saturated heterocycles. The number of nitrogens with one attached hydrogen (secondary N) is 2. The fraction of sp³-hybridized carbons (Fsp3) is 0.480. The second-order valence-electron chi connectivity index (χ2n) is 9.22. The highest BCUT2D eigenvalue weighted by Crippen LogP contribution is 2.31. The summed E-state index contributed by atoms with van der Waals surface area (Å²) in [5.74, 6) is 0.483. The van der Waals surface area contributed by atoms with Gasteiger partial charge in [0.25, 0.3) is 5.91 Å². The summed E-state index contributed by atoms with van der Waals surface area (Å²) in [5, 5.41) is 23.8. The van der Waals surface area contributed by atoms with Gasteiger partial charge in [0.15, 0.2) is 0 Å². The van der Waals surface area contributed by atoms with Crippen molar-refractivity contribution in [2.75, 3.05) is 5.32 Å². The Bertz CT molecular complexity index is 1160. The first-order valence-corrected chi connectivity index (χ1v) is 12.1. The first kappa shape index (κ1) is 24.6. The number of amides is 2. The van der Waals surface area contributed by atoms with Crippen molar-refractivity contribution in [3.63, 3.8) is 0 Å². The molecule has 2 amide bonds. The molecule has 35 heavy (non-hydrogen) atoms. The van der Waals surface area contributed by atoms with E-state index in [1.54, 1.807) is 47.1 Å². The third-order valence-electron chi connectivity index (χ3n) is 6.82. The van der Waals surface area contributed by atoms with Crippen molar-refractivity contribution in [1.82, 2.24) is 29.9 Å². The topological polar surface area (TPSA) is 127 Å². The number of nitrogens with zero attached hydrogens (tertiary/aromatic N) is 5. The Balaban J connectivity index is 1.51. The minimum atomic E-state index is -0.672. The van der Waals surface area contributed by atoms with E-state index in [0.717, 1.165) is 36.9 Å². The molecule has 3 N–H and O–H groups in total. The number of hydrogen-bond acceptors (Lipinski definition) is 6. The summed E-state index contributed by atoms with van der Waals surface area (Å²) in [4.78, 5) is 30.8. The molecule has 3 aromatic rings. The predicted molar refractivity (Wildman–Crippen MR) is 131 cm³/mol. The molecular formula is C25H33N7O3. The first-order valence-electron chi connectivity index (χ1n) is 12.1. The van der Waals surface area contributed by atoms with Gasteiger partial charge in [-0.1, -0.05) is 19.8 Å². The van der Waals surface area contributed by atoms with E-state index in [-0.39, 0.29) is 24.3 Å². The van der Waals surface area contributed by atoms with Crippen LogP contribution in [0.3, 0.4) is 0 Å². The second-order valence-corrected chi connectivity index (χ2v) is 9.22. The number of aryl methyl sites for hydroxylation is 2. The smallest absolute Gasteiger partial charge is 0.270 e. The molecule has 3 heterocycles. The van der Waals surface area contributed by atoms with Crippen molar-refractivity contribution in [3.8, 4) is 11.3 Å². The van der Waals surface area contributed by atoms with Crippen molar-refractivity contribution in [2.24, 2.45) is 18.9 Å². The number of anilines is 1. The van der Waals surface area contributed by atoms with Crippen LogP contribution in [-0.2, 0) is 25.0 Å². The summed E-state index contributed by atoms with van der Waals surface area (Å²) in [6.45, 7) is 4.58. The molecule has 4 rings (SSSR count). The van der Waals surface area contributed by atoms with E-state index < -0.39 is 6.04 Å². The van der Waals surface area contributed by atoms with Gasteiger partial charge in [0.05, 0.1) is 18.5 Å². The highest BCUT2D eigenvalue weighted by Gasteiger charge is 2.33. The van der Waals surface area contributed by atoms with Crippen molar-refractivity contribution < 1.29 is 14.7 Å². The van der Waals surface area contributed by atoms with Crippen LogP contribution < -0.4 is 10.6 Å². The van der Waals surface area contributed by atoms with E-state index in [1.165, 1.54) is 0 Å². The summed E-state index contributed by atoms with van der Waals surface area (Å²) >= 11 is 0. The van der Waals surface area contributed by atoms with Crippen LogP contribution in [0.1, 0.15) is 55.6 Å². The number of pyridine rings is 1. The van der Waals surface area contributed by atoms with Crippen LogP contribution in [0.4, 0.5) is 5.82 Å². The molecule has 1 atom stereocenters. The Labute approximate surface area is 204 Å². The first-order chi connectivity index (χ1) is 16.9. The van der Waals surface area contributed by atoms with Gasteiger partial charge in [-0.05, 0) is 49.8 Å². The monoisotopic (exact) mass is 479 g/mol. The SMILES string of the molecule is CCn1nccc1C(=O)N[C@H](C(=O)Nc1ccc(-c2c(CO)cnn2C)cn1)C1CCC(C)CC1. The number of aliphatic hydroxyl groups is 1. The average Bonchev–Trinajstić information content (AvgIpc) is 3.50. The largest absolute Gasteiger partial charge is 0.392 e. The van der Waals surface area contributed by atoms with Crippen LogP contribution in [-0.4, -0.2) is 47.5 Å². The van der Waals surface area contributed by atoms with Crippen LogP contribution in [0.15, 0.2) is 36.8 Å². The summed E-state index contributed by atoms with van der Waals surface area (Å²) in [6, 6.07) is 4.54. The lowest BCUT2D eigenvalue weighted by molar-refractivity contribution is -0.119. The summed E-state index contributed by atoms with van der Waals surface area (Å²) < 4.78 is 3.30. The molecule has 0 unspecified atom stereocenters. The maximum absolute atomic E-state index is 13.4. The molecule has 186 valence electrons. The third kappa shape index (κ3) is 5.43. The molecule has 0 aromatic carbocycles. The van der Waals surface area contributed by atoms with Gasteiger partial charge in [-0.25, -0.2) is 4.98 Å². The molecule has 0 spiro atoms. The van der Waals surface area contributed by atoms with E-state index in [4.69, 9.17) is 0 Å². The van der Waals surface area contributed by atoms with E-state index >= 15 is 0 Å². The molecular weight excluding hydrogens is 446 g/mol. The Morgan fingerprint density at radius 2 is 1.91 bits per heavy atom. The zero-order valence-corrected chi connectivity index (χ0v) is 20.4. The standard InChI is InChI=1S/C25H33N7O3/c1-4-32-20(11-12-27-32)24(34)30-22(17-7-5-16(2)6-8-17)25(35)29-21-10-9-18(13-26-21)23-19(15-33)14-28-31(23)3/h9-14,16-17,22,33H,4-8,15H2,1-3H3,(H,30,34)(H,26,29,35)/t16?,17?,22-/m0/s1. The number of carbonyl (C=O) groups excluding carboxylic acids is 2. The van der Waals surface area contributed by atoms with Crippen LogP contribution in [0, 0.1) is 11.8 Å². The molecule has 0 bridgehead atoms. The maximum Gasteiger partial charge on any atom is 0.270 e. The highest BCUT2D eigenvalue weighted by molar-refractivity contribution is 6.00. The zero-order valence-electron chi connectivity index (χ0n) is 20.4. The highest BCUT2D eigenvalue weighted by atomic mass is 16.3. The predicted octanol–water partition coefficient (Wildman–Crippen LogP) is 2.75. The van der Waals surface area contributed by atoms with E-state index in [0.29, 0.717) is 29.5 Å². The van der Waals surface area contributed by atoms with Crippen LogP contribution in [0.25, 0.3) is 11.3 Å². The van der Waals surface area contributed by atoms with Gasteiger partial charge in [0, 0.05) is 37.1 Å². The van der Waals surface area contributed by atoms with Crippen molar-refractivity contribution in [3.05, 3.63) is 48.0 Å². The lowest BCUT2D eigenvalue weighted by Crippen LogP contribution is -2.49. The Hall–Kier alpha value is -3.53. The van der Waals surface area contributed by atoms with Gasteiger partial charge < -0.3 is 15.7 Å². The summed E-state index contributed by atoms with van der Waals surface area (Å²) in [6.07, 6.45) is 8.66. The molecule has 0 radical (unpaired) electrons. The van der Waals surface area contributed by atoms with E-state index in [2.05, 4.69) is 32.7 Å². The lowest BCUT2D eigenvalue weighted by atomic mass is 9.79. The number of rotatable bonds is 8. The van der Waals surface area contributed by atoms with Gasteiger partial charge in [0.2, 0.25) is 5.91 Å². The Morgan fingerprint density at radius 3 is 2.57 bits per heavy atom. The number of carbonyl (C=O) groups is 2. The normalized spacial score (nSPS) is 18.7. The summed E-state index contributed by atoms with van der Waals surface area (Å²) in [7, 11) is 1.80. The minimum absolute atomic E-state index is 0.0500. The zero-order chi connectivity index (χ0) is 24.9. The van der Waals surface area contributed by atoms with Gasteiger partial charge in [-0.15, -0.1) is 0 Å². The molecule has 1 aliphatic carbocycles. The van der Waals surface area contributed by atoms with Gasteiger partial charge in [0.1, 0.15) is 17.6 Å². The van der Waals surface area contributed by atoms with Gasteiger partial charge in [-0.2, -0.15) is 10.2 Å². The number of aliphatic hydroxyl groups excluding tert-OH is 1. The van der Waals surface area contributed by atoms with Gasteiger partial charge >= 0.3 is 0 Å². The molecule has 3 aromatic heterocycles. The fourth-order valence-electron chi connectivity index (χ4n) is 4.79. The molecule has 1 fully saturated rings. The Morgan fingerprint density at radius 1 is 1.14 bits per heavy atom.